The Morgan fingerprint density at radius 3 is 1.74 bits per heavy atom. The number of ether oxygens (including phenoxy) is 3. The van der Waals surface area contributed by atoms with Crippen molar-refractivity contribution < 1.29 is 14.2 Å². The Morgan fingerprint density at radius 1 is 0.593 bits per heavy atom. The number of anilines is 1. The zero-order valence-corrected chi connectivity index (χ0v) is 15.6. The van der Waals surface area contributed by atoms with Gasteiger partial charge in [0.15, 0.2) is 0 Å². The molecule has 4 nitrogen and oxygen atoms in total. The first-order chi connectivity index (χ1) is 13.3. The highest BCUT2D eigenvalue weighted by Crippen LogP contribution is 2.16. The van der Waals surface area contributed by atoms with Gasteiger partial charge in [0, 0.05) is 12.2 Å². The molecule has 4 heteroatoms. The minimum Gasteiger partial charge on any atom is -0.492 e. The lowest BCUT2D eigenvalue weighted by Crippen LogP contribution is -2.11. The van der Waals surface area contributed by atoms with Crippen LogP contribution in [0, 0.1) is 6.92 Å². The van der Waals surface area contributed by atoms with Crippen molar-refractivity contribution in [3.8, 4) is 17.2 Å². The lowest BCUT2D eigenvalue weighted by Gasteiger charge is -2.11. The van der Waals surface area contributed by atoms with Gasteiger partial charge in [-0.2, -0.15) is 0 Å². The molecule has 0 spiro atoms. The van der Waals surface area contributed by atoms with Gasteiger partial charge in [0.1, 0.15) is 37.1 Å². The third-order valence-corrected chi connectivity index (χ3v) is 3.94. The largest absolute Gasteiger partial charge is 0.492 e. The number of hydrogen-bond donors (Lipinski definition) is 1. The van der Waals surface area contributed by atoms with Crippen LogP contribution in [-0.2, 0) is 0 Å². The number of aryl methyl sites for hydroxylation is 1. The van der Waals surface area contributed by atoms with Crippen LogP contribution in [0.15, 0.2) is 78.9 Å². The van der Waals surface area contributed by atoms with Crippen molar-refractivity contribution in [2.45, 2.75) is 6.92 Å². The molecule has 0 bridgehead atoms. The summed E-state index contributed by atoms with van der Waals surface area (Å²) in [6, 6.07) is 25.7. The van der Waals surface area contributed by atoms with Crippen LogP contribution in [0.2, 0.25) is 0 Å². The summed E-state index contributed by atoms with van der Waals surface area (Å²) in [6.07, 6.45) is 0. The maximum atomic E-state index is 5.71. The second-order valence-electron chi connectivity index (χ2n) is 6.12. The molecule has 0 amide bonds. The molecule has 0 radical (unpaired) electrons. The van der Waals surface area contributed by atoms with Crippen LogP contribution in [0.5, 0.6) is 17.2 Å². The van der Waals surface area contributed by atoms with Crippen LogP contribution in [-0.4, -0.2) is 26.4 Å². The number of nitrogens with one attached hydrogen (secondary N) is 1. The SMILES string of the molecule is Cc1ccc(OCCNc2ccc(OCCOc3ccccc3)cc2)cc1. The monoisotopic (exact) mass is 363 g/mol. The molecule has 3 rings (SSSR count). The van der Waals surface area contributed by atoms with Gasteiger partial charge < -0.3 is 19.5 Å². The van der Waals surface area contributed by atoms with Gasteiger partial charge in [0.05, 0.1) is 0 Å². The van der Waals surface area contributed by atoms with Crippen molar-refractivity contribution in [2.24, 2.45) is 0 Å². The molecule has 0 unspecified atom stereocenters. The van der Waals surface area contributed by atoms with Crippen LogP contribution < -0.4 is 19.5 Å². The van der Waals surface area contributed by atoms with E-state index in [-0.39, 0.29) is 0 Å². The highest BCUT2D eigenvalue weighted by molar-refractivity contribution is 5.46. The molecule has 0 aliphatic carbocycles. The van der Waals surface area contributed by atoms with Gasteiger partial charge in [-0.25, -0.2) is 0 Å². The summed E-state index contributed by atoms with van der Waals surface area (Å²) < 4.78 is 17.0. The van der Waals surface area contributed by atoms with Gasteiger partial charge in [0.2, 0.25) is 0 Å². The summed E-state index contributed by atoms with van der Waals surface area (Å²) in [5.41, 5.74) is 2.27. The molecular formula is C23H25NO3. The molecule has 0 aromatic heterocycles. The fraction of sp³-hybridized carbons (Fsp3) is 0.217. The summed E-state index contributed by atoms with van der Waals surface area (Å²) in [5, 5.41) is 3.34. The minimum absolute atomic E-state index is 0.506. The molecule has 0 heterocycles. The fourth-order valence-corrected chi connectivity index (χ4v) is 2.50. The first-order valence-corrected chi connectivity index (χ1v) is 9.14. The standard InChI is InChI=1S/C23H25NO3/c1-19-7-11-22(12-8-19)25-16-15-24-20-9-13-23(14-10-20)27-18-17-26-21-5-3-2-4-6-21/h2-14,24H,15-18H2,1H3. The third-order valence-electron chi connectivity index (χ3n) is 3.94. The Labute approximate surface area is 160 Å². The molecule has 140 valence electrons. The van der Waals surface area contributed by atoms with Crippen molar-refractivity contribution >= 4 is 5.69 Å². The second-order valence-corrected chi connectivity index (χ2v) is 6.12. The van der Waals surface area contributed by atoms with Gasteiger partial charge in [-0.15, -0.1) is 0 Å². The normalized spacial score (nSPS) is 10.3. The Bertz CT molecular complexity index is 786. The Balaban J connectivity index is 1.31. The van der Waals surface area contributed by atoms with Crippen LogP contribution >= 0.6 is 0 Å². The van der Waals surface area contributed by atoms with Gasteiger partial charge in [-0.1, -0.05) is 35.9 Å². The van der Waals surface area contributed by atoms with Gasteiger partial charge in [-0.3, -0.25) is 0 Å². The van der Waals surface area contributed by atoms with E-state index in [2.05, 4.69) is 12.2 Å². The highest BCUT2D eigenvalue weighted by atomic mass is 16.5. The zero-order chi connectivity index (χ0) is 18.7. The highest BCUT2D eigenvalue weighted by Gasteiger charge is 1.98. The molecule has 0 aliphatic rings. The summed E-state index contributed by atoms with van der Waals surface area (Å²) in [4.78, 5) is 0. The summed E-state index contributed by atoms with van der Waals surface area (Å²) in [6.45, 7) is 4.43. The fourth-order valence-electron chi connectivity index (χ4n) is 2.50. The summed E-state index contributed by atoms with van der Waals surface area (Å²) in [7, 11) is 0. The van der Waals surface area contributed by atoms with Crippen molar-refractivity contribution in [1.82, 2.24) is 0 Å². The third kappa shape index (κ3) is 6.59. The number of hydrogen-bond acceptors (Lipinski definition) is 4. The lowest BCUT2D eigenvalue weighted by atomic mass is 10.2. The van der Waals surface area contributed by atoms with Gasteiger partial charge >= 0.3 is 0 Å². The first kappa shape index (κ1) is 18.6. The molecule has 0 saturated heterocycles. The van der Waals surface area contributed by atoms with E-state index in [4.69, 9.17) is 14.2 Å². The molecule has 0 fully saturated rings. The smallest absolute Gasteiger partial charge is 0.122 e. The average molecular weight is 363 g/mol. The Morgan fingerprint density at radius 2 is 1.11 bits per heavy atom. The summed E-state index contributed by atoms with van der Waals surface area (Å²) >= 11 is 0. The van der Waals surface area contributed by atoms with E-state index in [0.29, 0.717) is 19.8 Å². The Kier molecular flexibility index (Phi) is 6.99. The van der Waals surface area contributed by atoms with Crippen molar-refractivity contribution in [2.75, 3.05) is 31.7 Å². The molecule has 3 aromatic carbocycles. The number of rotatable bonds is 10. The predicted molar refractivity (Wildman–Crippen MR) is 109 cm³/mol. The molecule has 3 aromatic rings. The van der Waals surface area contributed by atoms with Gasteiger partial charge in [0.25, 0.3) is 0 Å². The molecular weight excluding hydrogens is 338 g/mol. The lowest BCUT2D eigenvalue weighted by molar-refractivity contribution is 0.217. The van der Waals surface area contributed by atoms with E-state index in [1.54, 1.807) is 0 Å². The zero-order valence-electron chi connectivity index (χ0n) is 15.6. The van der Waals surface area contributed by atoms with Crippen molar-refractivity contribution in [3.05, 3.63) is 84.4 Å². The number of benzene rings is 3. The molecule has 1 N–H and O–H groups in total. The van der Waals surface area contributed by atoms with E-state index in [1.807, 2.05) is 78.9 Å². The minimum atomic E-state index is 0.506. The van der Waals surface area contributed by atoms with Crippen LogP contribution in [0.3, 0.4) is 0 Å². The van der Waals surface area contributed by atoms with Gasteiger partial charge in [-0.05, 0) is 55.5 Å². The van der Waals surface area contributed by atoms with Crippen molar-refractivity contribution in [1.29, 1.82) is 0 Å². The van der Waals surface area contributed by atoms with E-state index in [0.717, 1.165) is 29.5 Å². The second kappa shape index (κ2) is 10.1. The Hall–Kier alpha value is -3.14. The van der Waals surface area contributed by atoms with Crippen molar-refractivity contribution in [3.63, 3.8) is 0 Å². The van der Waals surface area contributed by atoms with E-state index in [9.17, 15) is 0 Å². The molecule has 0 aliphatic heterocycles. The first-order valence-electron chi connectivity index (χ1n) is 9.14. The average Bonchev–Trinajstić information content (AvgIpc) is 2.72. The van der Waals surface area contributed by atoms with Crippen LogP contribution in [0.1, 0.15) is 5.56 Å². The van der Waals surface area contributed by atoms with E-state index in [1.165, 1.54) is 5.56 Å². The predicted octanol–water partition coefficient (Wildman–Crippen LogP) is 4.94. The molecule has 27 heavy (non-hydrogen) atoms. The maximum Gasteiger partial charge on any atom is 0.122 e. The molecule has 0 saturated carbocycles. The molecule has 0 atom stereocenters. The number of para-hydroxylation sites is 1. The van der Waals surface area contributed by atoms with Crippen LogP contribution in [0.4, 0.5) is 5.69 Å². The van der Waals surface area contributed by atoms with E-state index >= 15 is 0 Å². The summed E-state index contributed by atoms with van der Waals surface area (Å²) in [5.74, 6) is 2.57. The van der Waals surface area contributed by atoms with E-state index < -0.39 is 0 Å². The maximum absolute atomic E-state index is 5.71. The quantitative estimate of drug-likeness (QED) is 0.518. The topological polar surface area (TPSA) is 39.7 Å². The van der Waals surface area contributed by atoms with Crippen LogP contribution in [0.25, 0.3) is 0 Å².